The number of aryl methyl sites for hydroxylation is 1. The Morgan fingerprint density at radius 1 is 1.18 bits per heavy atom. The molecule has 7 heteroatoms. The number of hydrogen-bond acceptors (Lipinski definition) is 4. The van der Waals surface area contributed by atoms with Crippen LogP contribution in [0.25, 0.3) is 5.69 Å². The first-order valence-electron chi connectivity index (χ1n) is 8.91. The minimum Gasteiger partial charge on any atom is -0.295 e. The second-order valence-corrected chi connectivity index (χ2v) is 7.63. The van der Waals surface area contributed by atoms with E-state index in [0.717, 1.165) is 11.4 Å². The van der Waals surface area contributed by atoms with Gasteiger partial charge in [-0.05, 0) is 31.5 Å². The van der Waals surface area contributed by atoms with E-state index in [0.29, 0.717) is 11.3 Å². The van der Waals surface area contributed by atoms with Crippen LogP contribution in [-0.2, 0) is 10.5 Å². The maximum Gasteiger partial charge on any atom is 0.280 e. The Labute approximate surface area is 167 Å². The SMILES string of the molecule is Cc1[nH]n(-c2ccccc2)c(=O)c1/C=N/NC(=O)C(C)SCc1ccccc1. The molecule has 0 bridgehead atoms. The molecule has 0 aliphatic heterocycles. The highest BCUT2D eigenvalue weighted by atomic mass is 32.2. The first kappa shape index (κ1) is 19.7. The van der Waals surface area contributed by atoms with Crippen LogP contribution in [0.4, 0.5) is 0 Å². The Balaban J connectivity index is 1.60. The van der Waals surface area contributed by atoms with Gasteiger partial charge in [0.2, 0.25) is 0 Å². The lowest BCUT2D eigenvalue weighted by atomic mass is 10.2. The zero-order valence-electron chi connectivity index (χ0n) is 15.8. The van der Waals surface area contributed by atoms with Gasteiger partial charge >= 0.3 is 0 Å². The number of hydrogen-bond donors (Lipinski definition) is 2. The average Bonchev–Trinajstić information content (AvgIpc) is 3.01. The van der Waals surface area contributed by atoms with Crippen LogP contribution in [0.15, 0.2) is 70.6 Å². The fourth-order valence-corrected chi connectivity index (χ4v) is 3.43. The van der Waals surface area contributed by atoms with Crippen molar-refractivity contribution in [2.75, 3.05) is 0 Å². The molecule has 1 unspecified atom stereocenters. The van der Waals surface area contributed by atoms with E-state index in [1.165, 1.54) is 28.2 Å². The van der Waals surface area contributed by atoms with Gasteiger partial charge in [0, 0.05) is 11.4 Å². The maximum absolute atomic E-state index is 12.6. The molecule has 0 aliphatic rings. The van der Waals surface area contributed by atoms with Crippen LogP contribution in [-0.4, -0.2) is 27.2 Å². The number of aromatic amines is 1. The number of para-hydroxylation sites is 1. The van der Waals surface area contributed by atoms with Gasteiger partial charge in [-0.1, -0.05) is 48.5 Å². The van der Waals surface area contributed by atoms with E-state index < -0.39 is 0 Å². The van der Waals surface area contributed by atoms with E-state index in [4.69, 9.17) is 0 Å². The number of H-pyrrole nitrogens is 1. The summed E-state index contributed by atoms with van der Waals surface area (Å²) in [5.41, 5.74) is 5.30. The molecule has 0 spiro atoms. The molecule has 3 rings (SSSR count). The lowest BCUT2D eigenvalue weighted by Gasteiger charge is -2.09. The van der Waals surface area contributed by atoms with Gasteiger partial charge in [-0.3, -0.25) is 14.7 Å². The van der Waals surface area contributed by atoms with E-state index in [1.807, 2.05) is 67.6 Å². The van der Waals surface area contributed by atoms with Crippen LogP contribution in [0.3, 0.4) is 0 Å². The number of amides is 1. The van der Waals surface area contributed by atoms with E-state index in [1.54, 1.807) is 6.92 Å². The van der Waals surface area contributed by atoms with Gasteiger partial charge in [-0.15, -0.1) is 11.8 Å². The molecule has 0 saturated carbocycles. The highest BCUT2D eigenvalue weighted by molar-refractivity contribution is 7.99. The first-order chi connectivity index (χ1) is 13.6. The monoisotopic (exact) mass is 394 g/mol. The van der Waals surface area contributed by atoms with E-state index in [2.05, 4.69) is 15.6 Å². The second-order valence-electron chi connectivity index (χ2n) is 6.30. The molecule has 28 heavy (non-hydrogen) atoms. The van der Waals surface area contributed by atoms with Gasteiger partial charge < -0.3 is 0 Å². The quantitative estimate of drug-likeness (QED) is 0.477. The van der Waals surface area contributed by atoms with E-state index in [-0.39, 0.29) is 16.7 Å². The lowest BCUT2D eigenvalue weighted by Crippen LogP contribution is -2.27. The van der Waals surface area contributed by atoms with E-state index >= 15 is 0 Å². The molecule has 144 valence electrons. The topological polar surface area (TPSA) is 79.2 Å². The molecule has 2 aromatic carbocycles. The predicted octanol–water partition coefficient (Wildman–Crippen LogP) is 3.25. The van der Waals surface area contributed by atoms with Crippen molar-refractivity contribution in [1.29, 1.82) is 0 Å². The summed E-state index contributed by atoms with van der Waals surface area (Å²) in [6, 6.07) is 19.3. The summed E-state index contributed by atoms with van der Waals surface area (Å²) in [5, 5.41) is 6.74. The summed E-state index contributed by atoms with van der Waals surface area (Å²) >= 11 is 1.53. The number of thioether (sulfide) groups is 1. The van der Waals surface area contributed by atoms with Crippen LogP contribution in [0.1, 0.15) is 23.7 Å². The number of hydrazone groups is 1. The molecule has 1 atom stereocenters. The summed E-state index contributed by atoms with van der Waals surface area (Å²) in [6.07, 6.45) is 1.39. The molecule has 0 radical (unpaired) electrons. The van der Waals surface area contributed by atoms with Crippen LogP contribution >= 0.6 is 11.8 Å². The van der Waals surface area contributed by atoms with Crippen molar-refractivity contribution >= 4 is 23.9 Å². The number of nitrogens with zero attached hydrogens (tertiary/aromatic N) is 2. The van der Waals surface area contributed by atoms with Crippen molar-refractivity contribution in [2.24, 2.45) is 5.10 Å². The molecule has 6 nitrogen and oxygen atoms in total. The smallest absolute Gasteiger partial charge is 0.280 e. The Morgan fingerprint density at radius 2 is 1.82 bits per heavy atom. The largest absolute Gasteiger partial charge is 0.295 e. The highest BCUT2D eigenvalue weighted by Crippen LogP contribution is 2.17. The normalized spacial score (nSPS) is 12.2. The number of carbonyl (C=O) groups is 1. The molecular weight excluding hydrogens is 372 g/mol. The van der Waals surface area contributed by atoms with Gasteiger partial charge in [0.15, 0.2) is 0 Å². The summed E-state index contributed by atoms with van der Waals surface area (Å²) < 4.78 is 1.46. The zero-order valence-corrected chi connectivity index (χ0v) is 16.6. The maximum atomic E-state index is 12.6. The number of nitrogens with one attached hydrogen (secondary N) is 2. The Kier molecular flexibility index (Phi) is 6.49. The van der Waals surface area contributed by atoms with Crippen LogP contribution < -0.4 is 11.0 Å². The minimum absolute atomic E-state index is 0.200. The summed E-state index contributed by atoms with van der Waals surface area (Å²) in [4.78, 5) is 24.8. The van der Waals surface area contributed by atoms with Crippen molar-refractivity contribution in [2.45, 2.75) is 24.9 Å². The van der Waals surface area contributed by atoms with Gasteiger partial charge in [-0.25, -0.2) is 10.1 Å². The summed E-state index contributed by atoms with van der Waals surface area (Å²) in [5.74, 6) is 0.548. The Morgan fingerprint density at radius 3 is 2.50 bits per heavy atom. The molecule has 2 N–H and O–H groups in total. The van der Waals surface area contributed by atoms with Crippen LogP contribution in [0.5, 0.6) is 0 Å². The molecule has 0 saturated heterocycles. The van der Waals surface area contributed by atoms with Gasteiger partial charge in [0.25, 0.3) is 11.5 Å². The van der Waals surface area contributed by atoms with Gasteiger partial charge in [0.1, 0.15) is 0 Å². The van der Waals surface area contributed by atoms with Gasteiger partial charge in [-0.2, -0.15) is 5.10 Å². The molecule has 0 aliphatic carbocycles. The van der Waals surface area contributed by atoms with Crippen molar-refractivity contribution in [3.8, 4) is 5.69 Å². The molecule has 0 fully saturated rings. The Bertz CT molecular complexity index is 1010. The molecule has 1 heterocycles. The average molecular weight is 395 g/mol. The fourth-order valence-electron chi connectivity index (χ4n) is 2.59. The standard InChI is InChI=1S/C21H22N4O2S/c1-15-19(21(27)25(24-15)18-11-7-4-8-12-18)13-22-23-20(26)16(2)28-14-17-9-5-3-6-10-17/h3-13,16,24H,14H2,1-2H3,(H,23,26)/b22-13+. The lowest BCUT2D eigenvalue weighted by molar-refractivity contribution is -0.120. The highest BCUT2D eigenvalue weighted by Gasteiger charge is 2.14. The fraction of sp³-hybridized carbons (Fsp3) is 0.190. The molecule has 1 aromatic heterocycles. The molecular formula is C21H22N4O2S. The third-order valence-electron chi connectivity index (χ3n) is 4.21. The second kappa shape index (κ2) is 9.23. The van der Waals surface area contributed by atoms with Crippen LogP contribution in [0, 0.1) is 6.92 Å². The Hall–Kier alpha value is -3.06. The zero-order chi connectivity index (χ0) is 19.9. The van der Waals surface area contributed by atoms with Crippen LogP contribution in [0.2, 0.25) is 0 Å². The third kappa shape index (κ3) is 4.80. The number of benzene rings is 2. The van der Waals surface area contributed by atoms with Crippen molar-refractivity contribution in [3.63, 3.8) is 0 Å². The number of carbonyl (C=O) groups excluding carboxylic acids is 1. The number of aromatic nitrogens is 2. The van der Waals surface area contributed by atoms with Gasteiger partial charge in [0.05, 0.1) is 22.7 Å². The summed E-state index contributed by atoms with van der Waals surface area (Å²) in [7, 11) is 0. The van der Waals surface area contributed by atoms with E-state index in [9.17, 15) is 9.59 Å². The third-order valence-corrected chi connectivity index (χ3v) is 5.43. The van der Waals surface area contributed by atoms with Crippen molar-refractivity contribution in [3.05, 3.63) is 87.8 Å². The van der Waals surface area contributed by atoms with Crippen molar-refractivity contribution < 1.29 is 4.79 Å². The molecule has 1 amide bonds. The number of rotatable bonds is 7. The summed E-state index contributed by atoms with van der Waals surface area (Å²) in [6.45, 7) is 3.63. The predicted molar refractivity (Wildman–Crippen MR) is 114 cm³/mol. The first-order valence-corrected chi connectivity index (χ1v) is 9.96. The molecule has 3 aromatic rings. The van der Waals surface area contributed by atoms with Crippen molar-refractivity contribution in [1.82, 2.24) is 15.2 Å². The minimum atomic E-state index is -0.259.